The number of aryl methyl sites for hydroxylation is 2. The molecule has 1 saturated carbocycles. The predicted molar refractivity (Wildman–Crippen MR) is 88.0 cm³/mol. The summed E-state index contributed by atoms with van der Waals surface area (Å²) in [5.41, 5.74) is 2.24. The average molecular weight is 319 g/mol. The summed E-state index contributed by atoms with van der Waals surface area (Å²) in [6.45, 7) is 6.23. The molecule has 1 aromatic carbocycles. The molecule has 0 bridgehead atoms. The zero-order valence-corrected chi connectivity index (χ0v) is 14.1. The lowest BCUT2D eigenvalue weighted by atomic mass is 10.0. The lowest BCUT2D eigenvalue weighted by Gasteiger charge is -2.23. The molecule has 0 aliphatic heterocycles. The largest absolute Gasteiger partial charge is 0.481 e. The zero-order chi connectivity index (χ0) is 17.0. The maximum absolute atomic E-state index is 12.8. The monoisotopic (exact) mass is 319 g/mol. The van der Waals surface area contributed by atoms with Crippen LogP contribution in [0, 0.1) is 13.8 Å². The number of hydrogen-bond acceptors (Lipinski definition) is 3. The Morgan fingerprint density at radius 2 is 1.87 bits per heavy atom. The molecule has 1 aromatic rings. The minimum Gasteiger partial charge on any atom is -0.481 e. The normalized spacial score (nSPS) is 13.7. The number of hydrogen-bond donors (Lipinski definition) is 1. The first-order valence-corrected chi connectivity index (χ1v) is 8.20. The van der Waals surface area contributed by atoms with Crippen LogP contribution in [-0.4, -0.2) is 41.1 Å². The van der Waals surface area contributed by atoms with Crippen molar-refractivity contribution in [3.8, 4) is 5.75 Å². The Morgan fingerprint density at radius 3 is 2.35 bits per heavy atom. The van der Waals surface area contributed by atoms with Gasteiger partial charge in [-0.1, -0.05) is 13.3 Å². The minimum atomic E-state index is -1.01. The van der Waals surface area contributed by atoms with Gasteiger partial charge < -0.3 is 14.7 Å². The van der Waals surface area contributed by atoms with Crippen LogP contribution in [0.5, 0.6) is 5.75 Å². The number of nitrogens with zero attached hydrogens (tertiary/aromatic N) is 1. The highest BCUT2D eigenvalue weighted by Crippen LogP contribution is 2.30. The van der Waals surface area contributed by atoms with Gasteiger partial charge in [-0.25, -0.2) is 4.79 Å². The summed E-state index contributed by atoms with van der Waals surface area (Å²) in [6, 6.07) is 3.99. The van der Waals surface area contributed by atoms with E-state index < -0.39 is 5.97 Å². The number of rotatable bonds is 8. The van der Waals surface area contributed by atoms with Gasteiger partial charge >= 0.3 is 5.97 Å². The molecule has 1 fully saturated rings. The number of unbranched alkanes of at least 4 members (excludes halogenated alkanes) is 1. The van der Waals surface area contributed by atoms with Gasteiger partial charge in [0.1, 0.15) is 5.75 Å². The fourth-order valence-electron chi connectivity index (χ4n) is 2.77. The molecule has 5 heteroatoms. The predicted octanol–water partition coefficient (Wildman–Crippen LogP) is 3.17. The lowest BCUT2D eigenvalue weighted by Crippen LogP contribution is -2.34. The van der Waals surface area contributed by atoms with Crippen molar-refractivity contribution in [3.05, 3.63) is 28.8 Å². The van der Waals surface area contributed by atoms with E-state index in [2.05, 4.69) is 6.92 Å². The summed E-state index contributed by atoms with van der Waals surface area (Å²) in [7, 11) is 0. The topological polar surface area (TPSA) is 66.8 Å². The van der Waals surface area contributed by atoms with Gasteiger partial charge in [0.2, 0.25) is 0 Å². The first-order valence-electron chi connectivity index (χ1n) is 8.20. The Balaban J connectivity index is 2.18. The van der Waals surface area contributed by atoms with Gasteiger partial charge in [-0.3, -0.25) is 4.79 Å². The number of carboxylic acid groups (broad SMARTS) is 1. The third-order valence-electron chi connectivity index (χ3n) is 4.05. The highest BCUT2D eigenvalue weighted by Gasteiger charge is 2.32. The summed E-state index contributed by atoms with van der Waals surface area (Å²) in [5.74, 6) is -0.393. The van der Waals surface area contributed by atoms with E-state index in [0.29, 0.717) is 17.4 Å². The first kappa shape index (κ1) is 17.3. The van der Waals surface area contributed by atoms with Crippen molar-refractivity contribution in [1.82, 2.24) is 4.90 Å². The van der Waals surface area contributed by atoms with Crippen LogP contribution < -0.4 is 4.74 Å². The number of aliphatic carboxylic acids is 1. The van der Waals surface area contributed by atoms with Crippen LogP contribution >= 0.6 is 0 Å². The van der Waals surface area contributed by atoms with Crippen molar-refractivity contribution in [2.45, 2.75) is 52.5 Å². The molecule has 23 heavy (non-hydrogen) atoms. The van der Waals surface area contributed by atoms with Crippen LogP contribution in [0.2, 0.25) is 0 Å². The Labute approximate surface area is 137 Å². The van der Waals surface area contributed by atoms with Gasteiger partial charge in [0.25, 0.3) is 5.91 Å². The maximum Gasteiger partial charge on any atom is 0.341 e. The van der Waals surface area contributed by atoms with E-state index in [1.54, 1.807) is 12.1 Å². The van der Waals surface area contributed by atoms with E-state index in [1.807, 2.05) is 18.7 Å². The molecule has 1 N–H and O–H groups in total. The van der Waals surface area contributed by atoms with E-state index in [-0.39, 0.29) is 12.5 Å². The van der Waals surface area contributed by atoms with E-state index in [9.17, 15) is 9.59 Å². The maximum atomic E-state index is 12.8. The first-order chi connectivity index (χ1) is 10.9. The molecular weight excluding hydrogens is 294 g/mol. The third-order valence-corrected chi connectivity index (χ3v) is 4.05. The Bertz CT molecular complexity index is 570. The Kier molecular flexibility index (Phi) is 5.64. The lowest BCUT2D eigenvalue weighted by molar-refractivity contribution is -0.139. The summed E-state index contributed by atoms with van der Waals surface area (Å²) >= 11 is 0. The fraction of sp³-hybridized carbons (Fsp3) is 0.556. The van der Waals surface area contributed by atoms with Gasteiger partial charge in [-0.15, -0.1) is 0 Å². The molecule has 0 radical (unpaired) electrons. The second-order valence-corrected chi connectivity index (χ2v) is 6.20. The van der Waals surface area contributed by atoms with Gasteiger partial charge in [-0.2, -0.15) is 0 Å². The van der Waals surface area contributed by atoms with Crippen molar-refractivity contribution in [3.63, 3.8) is 0 Å². The van der Waals surface area contributed by atoms with Crippen LogP contribution in [0.3, 0.4) is 0 Å². The molecule has 0 unspecified atom stereocenters. The molecule has 0 saturated heterocycles. The summed E-state index contributed by atoms with van der Waals surface area (Å²) < 4.78 is 5.32. The SMILES string of the molecule is CCCCN(C(=O)c1cc(C)c(OCC(=O)O)c(C)c1)C1CC1. The Morgan fingerprint density at radius 1 is 1.26 bits per heavy atom. The van der Waals surface area contributed by atoms with Gasteiger partial charge in [0.05, 0.1) is 0 Å². The van der Waals surface area contributed by atoms with E-state index in [0.717, 1.165) is 43.4 Å². The molecular formula is C18H25NO4. The van der Waals surface area contributed by atoms with Crippen LogP contribution in [0.25, 0.3) is 0 Å². The average Bonchev–Trinajstić information content (AvgIpc) is 3.30. The zero-order valence-electron chi connectivity index (χ0n) is 14.1. The van der Waals surface area contributed by atoms with Crippen LogP contribution in [-0.2, 0) is 4.79 Å². The number of ether oxygens (including phenoxy) is 1. The molecule has 1 aliphatic rings. The summed E-state index contributed by atoms with van der Waals surface area (Å²) in [5, 5.41) is 8.74. The summed E-state index contributed by atoms with van der Waals surface area (Å²) in [4.78, 5) is 25.4. The number of amides is 1. The van der Waals surface area contributed by atoms with Crippen LogP contribution in [0.4, 0.5) is 0 Å². The molecule has 1 aliphatic carbocycles. The molecule has 126 valence electrons. The number of carbonyl (C=O) groups is 2. The molecule has 2 rings (SSSR count). The molecule has 0 spiro atoms. The second kappa shape index (κ2) is 7.49. The van der Waals surface area contributed by atoms with Crippen molar-refractivity contribution in [2.24, 2.45) is 0 Å². The fourth-order valence-corrected chi connectivity index (χ4v) is 2.77. The van der Waals surface area contributed by atoms with Crippen molar-refractivity contribution < 1.29 is 19.4 Å². The minimum absolute atomic E-state index is 0.0666. The van der Waals surface area contributed by atoms with Crippen LogP contribution in [0.15, 0.2) is 12.1 Å². The van der Waals surface area contributed by atoms with Crippen molar-refractivity contribution in [1.29, 1.82) is 0 Å². The molecule has 0 atom stereocenters. The van der Waals surface area contributed by atoms with E-state index in [1.165, 1.54) is 0 Å². The Hall–Kier alpha value is -2.04. The standard InChI is InChI=1S/C18H25NO4/c1-4-5-8-19(15-6-7-15)18(22)14-9-12(2)17(13(3)10-14)23-11-16(20)21/h9-10,15H,4-8,11H2,1-3H3,(H,20,21). The van der Waals surface area contributed by atoms with E-state index in [4.69, 9.17) is 9.84 Å². The highest BCUT2D eigenvalue weighted by molar-refractivity contribution is 5.95. The second-order valence-electron chi connectivity index (χ2n) is 6.20. The number of carboxylic acids is 1. The van der Waals surface area contributed by atoms with E-state index >= 15 is 0 Å². The van der Waals surface area contributed by atoms with Crippen molar-refractivity contribution in [2.75, 3.05) is 13.2 Å². The highest BCUT2D eigenvalue weighted by atomic mass is 16.5. The van der Waals surface area contributed by atoms with Crippen molar-refractivity contribution >= 4 is 11.9 Å². The third kappa shape index (κ3) is 4.47. The molecule has 0 aromatic heterocycles. The smallest absolute Gasteiger partial charge is 0.341 e. The van der Waals surface area contributed by atoms with Gasteiger partial charge in [0.15, 0.2) is 6.61 Å². The van der Waals surface area contributed by atoms with Gasteiger partial charge in [0, 0.05) is 18.2 Å². The van der Waals surface area contributed by atoms with Crippen LogP contribution in [0.1, 0.15) is 54.1 Å². The molecule has 0 heterocycles. The summed E-state index contributed by atoms with van der Waals surface area (Å²) in [6.07, 6.45) is 4.26. The molecule has 5 nitrogen and oxygen atoms in total. The quantitative estimate of drug-likeness (QED) is 0.799. The number of carbonyl (C=O) groups excluding carboxylic acids is 1. The van der Waals surface area contributed by atoms with Gasteiger partial charge in [-0.05, 0) is 56.4 Å². The number of benzene rings is 1. The molecule has 1 amide bonds.